The molecule has 0 saturated heterocycles. The van der Waals surface area contributed by atoms with Gasteiger partial charge in [0.15, 0.2) is 0 Å². The zero-order chi connectivity index (χ0) is 30.4. The number of benzene rings is 2. The zero-order valence-electron chi connectivity index (χ0n) is 28.5. The molecule has 5 rings (SSSR count). The van der Waals surface area contributed by atoms with Gasteiger partial charge in [-0.25, -0.2) is 0 Å². The van der Waals surface area contributed by atoms with Gasteiger partial charge in [-0.1, -0.05) is 83.5 Å². The molecule has 0 N–H and O–H groups in total. The highest BCUT2D eigenvalue weighted by Gasteiger charge is 2.48. The van der Waals surface area contributed by atoms with E-state index in [0.717, 1.165) is 5.75 Å². The van der Waals surface area contributed by atoms with Gasteiger partial charge >= 0.3 is 0 Å². The van der Waals surface area contributed by atoms with Crippen LogP contribution in [0.2, 0.25) is 18.6 Å². The van der Waals surface area contributed by atoms with Gasteiger partial charge in [-0.05, 0) is 127 Å². The first-order valence-electron chi connectivity index (χ1n) is 15.9. The summed E-state index contributed by atoms with van der Waals surface area (Å²) in [6.45, 7) is 31.2. The molecule has 0 aliphatic heterocycles. The Balaban J connectivity index is 1.79. The second-order valence-electron chi connectivity index (χ2n) is 16.0. The van der Waals surface area contributed by atoms with E-state index in [-0.39, 0.29) is 10.8 Å². The van der Waals surface area contributed by atoms with Crippen LogP contribution in [0.1, 0.15) is 122 Å². The van der Waals surface area contributed by atoms with E-state index in [9.17, 15) is 0 Å². The summed E-state index contributed by atoms with van der Waals surface area (Å²) in [7, 11) is 0.0291. The Labute approximate surface area is 252 Å². The molecule has 0 fully saturated rings. The van der Waals surface area contributed by atoms with Crippen LogP contribution in [0.3, 0.4) is 0 Å². The minimum Gasteiger partial charge on any atom is -0.496 e. The fourth-order valence-electron chi connectivity index (χ4n) is 8.79. The Hall–Kier alpha value is -2.32. The van der Waals surface area contributed by atoms with Crippen LogP contribution in [0.5, 0.6) is 5.75 Å². The van der Waals surface area contributed by atoms with Crippen molar-refractivity contribution in [2.45, 2.75) is 130 Å². The van der Waals surface area contributed by atoms with Crippen molar-refractivity contribution in [2.24, 2.45) is 0 Å². The predicted molar refractivity (Wildman–Crippen MR) is 182 cm³/mol. The van der Waals surface area contributed by atoms with E-state index < -0.39 is 8.07 Å². The van der Waals surface area contributed by atoms with Crippen LogP contribution in [0.25, 0.3) is 17.2 Å². The molecule has 0 bridgehead atoms. The van der Waals surface area contributed by atoms with Crippen molar-refractivity contribution in [2.75, 3.05) is 7.11 Å². The standard InChI is InChI=1S/C39H54OSi/c1-22-18-30-31(36(22)41(13,14)37-25(4)23(2)24(3)26(37)5)19-27-16-15-17-29(27)34(30)28-20-32(38(6,7)8)35(40-12)33(21-28)39(9,10)11/h18-21,36-37H,15-17H2,1-14H3. The molecule has 1 unspecified atom stereocenters. The summed E-state index contributed by atoms with van der Waals surface area (Å²) in [5, 5.41) is 0. The van der Waals surface area contributed by atoms with Crippen LogP contribution >= 0.6 is 0 Å². The Morgan fingerprint density at radius 3 is 1.78 bits per heavy atom. The molecule has 0 spiro atoms. The largest absolute Gasteiger partial charge is 0.496 e. The molecule has 0 amide bonds. The van der Waals surface area contributed by atoms with Crippen LogP contribution < -0.4 is 4.74 Å². The van der Waals surface area contributed by atoms with Gasteiger partial charge in [-0.15, -0.1) is 0 Å². The molecule has 41 heavy (non-hydrogen) atoms. The number of hydrogen-bond acceptors (Lipinski definition) is 1. The molecular weight excluding hydrogens is 513 g/mol. The molecule has 2 aromatic rings. The fraction of sp³-hybridized carbons (Fsp3) is 0.538. The first kappa shape index (κ1) is 30.1. The van der Waals surface area contributed by atoms with Gasteiger partial charge in [0.1, 0.15) is 5.75 Å². The molecule has 3 aliphatic rings. The van der Waals surface area contributed by atoms with E-state index in [0.29, 0.717) is 11.1 Å². The zero-order valence-corrected chi connectivity index (χ0v) is 29.5. The van der Waals surface area contributed by atoms with Crippen LogP contribution in [0.4, 0.5) is 0 Å². The highest BCUT2D eigenvalue weighted by Crippen LogP contribution is 2.57. The van der Waals surface area contributed by atoms with Crippen molar-refractivity contribution in [3.05, 3.63) is 79.4 Å². The Morgan fingerprint density at radius 1 is 0.756 bits per heavy atom. The van der Waals surface area contributed by atoms with E-state index >= 15 is 0 Å². The third-order valence-corrected chi connectivity index (χ3v) is 15.5. The monoisotopic (exact) mass is 566 g/mol. The maximum atomic E-state index is 6.16. The minimum absolute atomic E-state index is 0.0163. The summed E-state index contributed by atoms with van der Waals surface area (Å²) in [5.74, 6) is 1.06. The maximum absolute atomic E-state index is 6.16. The first-order valence-corrected chi connectivity index (χ1v) is 19.0. The number of allylic oxidation sites excluding steroid dienone is 5. The van der Waals surface area contributed by atoms with Gasteiger partial charge in [0.05, 0.1) is 15.2 Å². The smallest absolute Gasteiger partial charge is 0.126 e. The van der Waals surface area contributed by atoms with E-state index in [4.69, 9.17) is 4.74 Å². The van der Waals surface area contributed by atoms with Crippen LogP contribution in [0.15, 0.2) is 46.1 Å². The second kappa shape index (κ2) is 9.87. The van der Waals surface area contributed by atoms with Gasteiger partial charge < -0.3 is 4.74 Å². The van der Waals surface area contributed by atoms with E-state index in [2.05, 4.69) is 114 Å². The molecule has 0 aromatic heterocycles. The number of fused-ring (bicyclic) bond motifs is 2. The average molecular weight is 567 g/mol. The Kier molecular flexibility index (Phi) is 7.25. The van der Waals surface area contributed by atoms with Gasteiger partial charge in [0.2, 0.25) is 0 Å². The van der Waals surface area contributed by atoms with Gasteiger partial charge in [-0.2, -0.15) is 0 Å². The average Bonchev–Trinajstić information content (AvgIpc) is 3.52. The summed E-state index contributed by atoms with van der Waals surface area (Å²) in [5.41, 5.74) is 20.9. The highest BCUT2D eigenvalue weighted by molar-refractivity contribution is 6.82. The summed E-state index contributed by atoms with van der Waals surface area (Å²) in [4.78, 5) is 0. The maximum Gasteiger partial charge on any atom is 0.126 e. The van der Waals surface area contributed by atoms with Crippen molar-refractivity contribution in [3.8, 4) is 16.9 Å². The molecular formula is C39H54OSi. The molecule has 1 atom stereocenters. The molecule has 0 heterocycles. The topological polar surface area (TPSA) is 9.23 Å². The predicted octanol–water partition coefficient (Wildman–Crippen LogP) is 11.3. The van der Waals surface area contributed by atoms with Crippen LogP contribution in [0, 0.1) is 0 Å². The molecule has 1 nitrogen and oxygen atoms in total. The molecule has 220 valence electrons. The minimum atomic E-state index is -1.82. The number of hydrogen-bond donors (Lipinski definition) is 0. The fourth-order valence-corrected chi connectivity index (χ4v) is 14.1. The highest BCUT2D eigenvalue weighted by atomic mass is 28.3. The Morgan fingerprint density at radius 2 is 1.29 bits per heavy atom. The van der Waals surface area contributed by atoms with Gasteiger partial charge in [0, 0.05) is 16.7 Å². The first-order chi connectivity index (χ1) is 18.9. The number of aryl methyl sites for hydroxylation is 1. The van der Waals surface area contributed by atoms with E-state index in [1.165, 1.54) is 58.2 Å². The van der Waals surface area contributed by atoms with Crippen molar-refractivity contribution >= 4 is 14.1 Å². The lowest BCUT2D eigenvalue weighted by Crippen LogP contribution is -2.41. The third-order valence-electron chi connectivity index (χ3n) is 10.9. The van der Waals surface area contributed by atoms with Crippen LogP contribution in [-0.2, 0) is 23.7 Å². The molecule has 2 heteroatoms. The van der Waals surface area contributed by atoms with Crippen molar-refractivity contribution in [1.82, 2.24) is 0 Å². The number of methoxy groups -OCH3 is 1. The molecule has 3 aliphatic carbocycles. The summed E-state index contributed by atoms with van der Waals surface area (Å²) >= 11 is 0. The molecule has 0 radical (unpaired) electrons. The van der Waals surface area contributed by atoms with Crippen molar-refractivity contribution in [3.63, 3.8) is 0 Å². The van der Waals surface area contributed by atoms with Crippen molar-refractivity contribution < 1.29 is 4.74 Å². The van der Waals surface area contributed by atoms with Crippen LogP contribution in [-0.4, -0.2) is 15.2 Å². The lowest BCUT2D eigenvalue weighted by molar-refractivity contribution is 0.381. The summed E-state index contributed by atoms with van der Waals surface area (Å²) < 4.78 is 6.16. The lowest BCUT2D eigenvalue weighted by Gasteiger charge is -2.39. The van der Waals surface area contributed by atoms with E-state index in [1.54, 1.807) is 33.4 Å². The van der Waals surface area contributed by atoms with Gasteiger partial charge in [0.25, 0.3) is 0 Å². The van der Waals surface area contributed by atoms with Crippen molar-refractivity contribution in [1.29, 1.82) is 0 Å². The number of ether oxygens (including phenoxy) is 1. The molecule has 2 aromatic carbocycles. The molecule has 0 saturated carbocycles. The second-order valence-corrected chi connectivity index (χ2v) is 20.8. The SMILES string of the molecule is COc1c(C(C)(C)C)cc(-c2c3c(cc4c2CCC4)C([Si](C)(C)C2C(C)=C(C)C(C)=C2C)C(C)=C3)cc1C(C)(C)C. The third kappa shape index (κ3) is 4.64. The summed E-state index contributed by atoms with van der Waals surface area (Å²) in [6, 6.07) is 7.61. The van der Waals surface area contributed by atoms with Gasteiger partial charge in [-0.3, -0.25) is 0 Å². The quantitative estimate of drug-likeness (QED) is 0.334. The van der Waals surface area contributed by atoms with E-state index in [1.807, 2.05) is 7.11 Å². The summed E-state index contributed by atoms with van der Waals surface area (Å²) in [6.07, 6.45) is 6.24. The lowest BCUT2D eigenvalue weighted by atomic mass is 9.76. The number of rotatable bonds is 4. The normalized spacial score (nSPS) is 19.8. The Bertz CT molecular complexity index is 1470.